The Balaban J connectivity index is 2.28. The summed E-state index contributed by atoms with van der Waals surface area (Å²) in [5, 5.41) is 0. The van der Waals surface area contributed by atoms with Crippen LogP contribution in [-0.4, -0.2) is 23.9 Å². The second-order valence-corrected chi connectivity index (χ2v) is 8.32. The number of rotatable bonds is 5. The van der Waals surface area contributed by atoms with Crippen molar-refractivity contribution in [1.82, 2.24) is 0 Å². The lowest BCUT2D eigenvalue weighted by Gasteiger charge is -2.25. The van der Waals surface area contributed by atoms with Gasteiger partial charge in [-0.1, -0.05) is 45.2 Å². The summed E-state index contributed by atoms with van der Waals surface area (Å²) in [5.74, 6) is 1.36. The van der Waals surface area contributed by atoms with E-state index in [0.29, 0.717) is 12.5 Å². The van der Waals surface area contributed by atoms with Crippen molar-refractivity contribution in [3.8, 4) is 17.0 Å². The van der Waals surface area contributed by atoms with Gasteiger partial charge in [0, 0.05) is 12.1 Å². The highest BCUT2D eigenvalue weighted by atomic mass is 16.5. The van der Waals surface area contributed by atoms with Crippen molar-refractivity contribution >= 4 is 12.4 Å². The van der Waals surface area contributed by atoms with Crippen molar-refractivity contribution in [1.29, 1.82) is 0 Å². The van der Waals surface area contributed by atoms with E-state index in [1.54, 1.807) is 0 Å². The molecule has 0 bridgehead atoms. The molecule has 3 nitrogen and oxygen atoms in total. The first kappa shape index (κ1) is 22.5. The monoisotopic (exact) mass is 414 g/mol. The lowest BCUT2D eigenvalue weighted by atomic mass is 9.86. The Bertz CT molecular complexity index is 1040. The van der Waals surface area contributed by atoms with E-state index in [4.69, 9.17) is 4.74 Å². The van der Waals surface area contributed by atoms with Crippen LogP contribution in [-0.2, 0) is 0 Å². The SMILES string of the molecule is C=CC(=C)C1CCOc2ccccc2-c2cc(C(C)C)cc[n+]2C(=C)C1[N+](=C)/C=C\C. The minimum absolute atomic E-state index is 0.0640. The van der Waals surface area contributed by atoms with E-state index >= 15 is 0 Å². The first-order valence-electron chi connectivity index (χ1n) is 10.9. The van der Waals surface area contributed by atoms with Crippen molar-refractivity contribution in [2.45, 2.75) is 39.2 Å². The Kier molecular flexibility index (Phi) is 7.06. The zero-order valence-electron chi connectivity index (χ0n) is 19.1. The fourth-order valence-corrected chi connectivity index (χ4v) is 4.21. The molecule has 2 aromatic rings. The molecule has 0 saturated carbocycles. The minimum atomic E-state index is -0.0933. The van der Waals surface area contributed by atoms with Gasteiger partial charge in [-0.15, -0.1) is 0 Å². The molecular formula is C28H34N2O+2. The number of aromatic nitrogens is 1. The first-order chi connectivity index (χ1) is 14.9. The van der Waals surface area contributed by atoms with Gasteiger partial charge in [0.05, 0.1) is 18.1 Å². The summed E-state index contributed by atoms with van der Waals surface area (Å²) in [6.45, 7) is 24.1. The van der Waals surface area contributed by atoms with Gasteiger partial charge < -0.3 is 4.74 Å². The van der Waals surface area contributed by atoms with Crippen LogP contribution in [0.4, 0.5) is 0 Å². The quantitative estimate of drug-likeness (QED) is 0.333. The molecule has 160 valence electrons. The summed E-state index contributed by atoms with van der Waals surface area (Å²) in [4.78, 5) is 0. The molecule has 0 spiro atoms. The molecule has 0 amide bonds. The molecule has 1 aliphatic heterocycles. The maximum absolute atomic E-state index is 6.29. The second-order valence-electron chi connectivity index (χ2n) is 8.32. The molecular weight excluding hydrogens is 380 g/mol. The van der Waals surface area contributed by atoms with E-state index in [1.165, 1.54) is 5.56 Å². The Morgan fingerprint density at radius 2 is 2.00 bits per heavy atom. The van der Waals surface area contributed by atoms with Gasteiger partial charge in [-0.3, -0.25) is 0 Å². The smallest absolute Gasteiger partial charge is 0.249 e. The average molecular weight is 415 g/mol. The molecule has 1 aliphatic rings. The average Bonchev–Trinajstić information content (AvgIpc) is 2.77. The van der Waals surface area contributed by atoms with Gasteiger partial charge in [-0.2, -0.15) is 9.14 Å². The maximum Gasteiger partial charge on any atom is 0.249 e. The molecule has 0 saturated heterocycles. The summed E-state index contributed by atoms with van der Waals surface area (Å²) in [6.07, 6.45) is 8.72. The van der Waals surface area contributed by atoms with E-state index in [9.17, 15) is 0 Å². The van der Waals surface area contributed by atoms with Crippen molar-refractivity contribution < 1.29 is 13.9 Å². The van der Waals surface area contributed by atoms with Crippen LogP contribution >= 0.6 is 0 Å². The summed E-state index contributed by atoms with van der Waals surface area (Å²) in [5.41, 5.74) is 5.31. The molecule has 2 heterocycles. The molecule has 2 atom stereocenters. The lowest BCUT2D eigenvalue weighted by Crippen LogP contribution is -2.46. The molecule has 31 heavy (non-hydrogen) atoms. The number of benzene rings is 1. The lowest BCUT2D eigenvalue weighted by molar-refractivity contribution is -0.603. The fourth-order valence-electron chi connectivity index (χ4n) is 4.21. The largest absolute Gasteiger partial charge is 0.493 e. The minimum Gasteiger partial charge on any atom is -0.493 e. The third-order valence-electron chi connectivity index (χ3n) is 5.96. The van der Waals surface area contributed by atoms with Gasteiger partial charge in [-0.25, -0.2) is 0 Å². The standard InChI is InChI=1S/C28H34N2O/c1-8-16-29(7)28-22(6)30-17-14-23(20(3)4)19-26(30)25-12-10-11-13-27(25)31-18-15-24(28)21(5)9-2/h8-14,16-17,19-20,24,28H,2,5-7,15,18H2,1,3-4H3/q+2/b16-8-. The predicted octanol–water partition coefficient (Wildman–Crippen LogP) is 5.99. The van der Waals surface area contributed by atoms with Gasteiger partial charge in [0.15, 0.2) is 12.4 Å². The Labute approximate surface area is 187 Å². The maximum atomic E-state index is 6.29. The van der Waals surface area contributed by atoms with E-state index in [0.717, 1.165) is 34.7 Å². The Hall–Kier alpha value is -3.20. The van der Waals surface area contributed by atoms with Crippen LogP contribution in [0.15, 0.2) is 86.3 Å². The number of ether oxygens (including phenoxy) is 1. The van der Waals surface area contributed by atoms with Crippen molar-refractivity contribution in [2.24, 2.45) is 5.92 Å². The number of nitrogens with zero attached hydrogens (tertiary/aromatic N) is 2. The number of hydrogen-bond donors (Lipinski definition) is 0. The van der Waals surface area contributed by atoms with Crippen molar-refractivity contribution in [3.63, 3.8) is 0 Å². The number of hydrogen-bond acceptors (Lipinski definition) is 1. The molecule has 0 radical (unpaired) electrons. The highest BCUT2D eigenvalue weighted by Gasteiger charge is 2.40. The zero-order chi connectivity index (χ0) is 22.5. The second kappa shape index (κ2) is 9.74. The molecule has 1 aromatic heterocycles. The molecule has 3 heteroatoms. The van der Waals surface area contributed by atoms with Crippen LogP contribution in [0.3, 0.4) is 0 Å². The van der Waals surface area contributed by atoms with Crippen LogP contribution in [0, 0.1) is 5.92 Å². The Morgan fingerprint density at radius 3 is 2.68 bits per heavy atom. The van der Waals surface area contributed by atoms with Gasteiger partial charge in [0.25, 0.3) is 0 Å². The first-order valence-corrected chi connectivity index (χ1v) is 10.9. The van der Waals surface area contributed by atoms with Crippen LogP contribution in [0.5, 0.6) is 5.75 Å². The number of para-hydroxylation sites is 1. The zero-order valence-corrected chi connectivity index (χ0v) is 19.1. The molecule has 0 aliphatic carbocycles. The Morgan fingerprint density at radius 1 is 1.26 bits per heavy atom. The van der Waals surface area contributed by atoms with Gasteiger partial charge in [0.2, 0.25) is 17.4 Å². The summed E-state index contributed by atoms with van der Waals surface area (Å²) in [7, 11) is 0. The van der Waals surface area contributed by atoms with E-state index in [-0.39, 0.29) is 12.0 Å². The van der Waals surface area contributed by atoms with Gasteiger partial charge >= 0.3 is 0 Å². The number of pyridine rings is 1. The molecule has 0 N–H and O–H groups in total. The fraction of sp³-hybridized carbons (Fsp3) is 0.286. The highest BCUT2D eigenvalue weighted by molar-refractivity contribution is 5.66. The number of allylic oxidation sites excluding steroid dienone is 2. The van der Waals surface area contributed by atoms with E-state index < -0.39 is 0 Å². The third kappa shape index (κ3) is 4.61. The summed E-state index contributed by atoms with van der Waals surface area (Å²) >= 11 is 0. The van der Waals surface area contributed by atoms with E-state index in [1.807, 2.05) is 42.0 Å². The molecule has 3 rings (SSSR count). The molecule has 1 aromatic carbocycles. The topological polar surface area (TPSA) is 16.1 Å². The molecule has 2 unspecified atom stereocenters. The number of fused-ring (bicyclic) bond motifs is 3. The van der Waals surface area contributed by atoms with Crippen LogP contribution < -0.4 is 9.30 Å². The third-order valence-corrected chi connectivity index (χ3v) is 5.96. The van der Waals surface area contributed by atoms with Gasteiger partial charge in [0.1, 0.15) is 12.5 Å². The highest BCUT2D eigenvalue weighted by Crippen LogP contribution is 2.34. The van der Waals surface area contributed by atoms with Crippen molar-refractivity contribution in [2.75, 3.05) is 6.61 Å². The normalized spacial score (nSPS) is 18.8. The molecule has 0 fully saturated rings. The van der Waals surface area contributed by atoms with Crippen LogP contribution in [0.1, 0.15) is 38.7 Å². The van der Waals surface area contributed by atoms with Crippen molar-refractivity contribution in [3.05, 3.63) is 91.8 Å². The predicted molar refractivity (Wildman–Crippen MR) is 130 cm³/mol. The van der Waals surface area contributed by atoms with Gasteiger partial charge in [-0.05, 0) is 55.2 Å². The van der Waals surface area contributed by atoms with Crippen LogP contribution in [0.25, 0.3) is 17.0 Å². The van der Waals surface area contributed by atoms with E-state index in [2.05, 4.69) is 75.3 Å². The van der Waals surface area contributed by atoms with Crippen LogP contribution in [0.2, 0.25) is 0 Å². The summed E-state index contributed by atoms with van der Waals surface area (Å²) < 4.78 is 10.4. The summed E-state index contributed by atoms with van der Waals surface area (Å²) in [6, 6.07) is 12.5.